The number of rotatable bonds is 7. The van der Waals surface area contributed by atoms with Crippen LogP contribution in [0.25, 0.3) is 0 Å². The average Bonchev–Trinajstić information content (AvgIpc) is 2.71. The maximum atomic E-state index is 12.4. The summed E-state index contributed by atoms with van der Waals surface area (Å²) in [6.45, 7) is 11.5. The van der Waals surface area contributed by atoms with E-state index in [0.717, 1.165) is 0 Å². The van der Waals surface area contributed by atoms with Crippen LogP contribution in [-0.2, 0) is 4.74 Å². The van der Waals surface area contributed by atoms with E-state index in [4.69, 9.17) is 4.74 Å². The summed E-state index contributed by atoms with van der Waals surface area (Å²) in [5.74, 6) is -0.479. The SMILES string of the molecule is C=CCNC(C)C(=O)c1c(C)[nH]c(C(=O)OCC)c1C. The molecule has 5 heteroatoms. The molecule has 0 aliphatic heterocycles. The first kappa shape index (κ1) is 16.2. The van der Waals surface area contributed by atoms with E-state index in [1.54, 1.807) is 33.8 Å². The lowest BCUT2D eigenvalue weighted by atomic mass is 10.0. The highest BCUT2D eigenvalue weighted by Gasteiger charge is 2.25. The number of aromatic nitrogens is 1. The molecule has 20 heavy (non-hydrogen) atoms. The smallest absolute Gasteiger partial charge is 0.355 e. The lowest BCUT2D eigenvalue weighted by Crippen LogP contribution is -2.34. The Bertz CT molecular complexity index is 517. The summed E-state index contributed by atoms with van der Waals surface area (Å²) in [4.78, 5) is 27.2. The van der Waals surface area contributed by atoms with Gasteiger partial charge >= 0.3 is 5.97 Å². The van der Waals surface area contributed by atoms with Crippen LogP contribution < -0.4 is 5.32 Å². The van der Waals surface area contributed by atoms with Gasteiger partial charge in [0.2, 0.25) is 0 Å². The van der Waals surface area contributed by atoms with Gasteiger partial charge in [-0.15, -0.1) is 6.58 Å². The molecule has 0 aromatic carbocycles. The summed E-state index contributed by atoms with van der Waals surface area (Å²) in [6.07, 6.45) is 1.70. The first-order chi connectivity index (χ1) is 9.43. The minimum atomic E-state index is -0.432. The van der Waals surface area contributed by atoms with Crippen LogP contribution >= 0.6 is 0 Å². The number of ether oxygens (including phenoxy) is 1. The molecular formula is C15H22N2O3. The third kappa shape index (κ3) is 3.36. The van der Waals surface area contributed by atoms with Crippen molar-refractivity contribution in [2.75, 3.05) is 13.2 Å². The van der Waals surface area contributed by atoms with Gasteiger partial charge in [-0.2, -0.15) is 0 Å². The molecular weight excluding hydrogens is 256 g/mol. The predicted molar refractivity (Wildman–Crippen MR) is 78.2 cm³/mol. The Hall–Kier alpha value is -1.88. The van der Waals surface area contributed by atoms with Gasteiger partial charge in [-0.25, -0.2) is 4.79 Å². The lowest BCUT2D eigenvalue weighted by molar-refractivity contribution is 0.0519. The standard InChI is InChI=1S/C15H22N2O3/c1-6-8-16-11(5)14(18)12-9(3)13(17-10(12)4)15(19)20-7-2/h6,11,16-17H,1,7-8H2,2-5H3. The fourth-order valence-corrected chi connectivity index (χ4v) is 2.10. The second-order valence-electron chi connectivity index (χ2n) is 4.63. The lowest BCUT2D eigenvalue weighted by Gasteiger charge is -2.11. The first-order valence-electron chi connectivity index (χ1n) is 6.68. The van der Waals surface area contributed by atoms with E-state index in [0.29, 0.717) is 35.7 Å². The molecule has 0 radical (unpaired) electrons. The van der Waals surface area contributed by atoms with Crippen molar-refractivity contribution in [3.05, 3.63) is 35.2 Å². The third-order valence-electron chi connectivity index (χ3n) is 3.13. The van der Waals surface area contributed by atoms with Gasteiger partial charge in [-0.05, 0) is 33.3 Å². The van der Waals surface area contributed by atoms with Crippen LogP contribution in [0.3, 0.4) is 0 Å². The maximum absolute atomic E-state index is 12.4. The summed E-state index contributed by atoms with van der Waals surface area (Å²) in [6, 6.07) is -0.337. The number of hydrogen-bond donors (Lipinski definition) is 2. The zero-order chi connectivity index (χ0) is 15.3. The summed E-state index contributed by atoms with van der Waals surface area (Å²) in [7, 11) is 0. The monoisotopic (exact) mass is 278 g/mol. The number of H-pyrrole nitrogens is 1. The van der Waals surface area contributed by atoms with Crippen molar-refractivity contribution in [3.63, 3.8) is 0 Å². The summed E-state index contributed by atoms with van der Waals surface area (Å²) < 4.78 is 4.97. The number of Topliss-reactive ketones (excluding diaryl/α,β-unsaturated/α-hetero) is 1. The second-order valence-corrected chi connectivity index (χ2v) is 4.63. The van der Waals surface area contributed by atoms with Crippen molar-refractivity contribution in [2.45, 2.75) is 33.7 Å². The van der Waals surface area contributed by atoms with Crippen LogP contribution in [0.5, 0.6) is 0 Å². The van der Waals surface area contributed by atoms with Crippen molar-refractivity contribution >= 4 is 11.8 Å². The van der Waals surface area contributed by atoms with E-state index >= 15 is 0 Å². The molecule has 1 unspecified atom stereocenters. The zero-order valence-corrected chi connectivity index (χ0v) is 12.5. The number of carbonyl (C=O) groups is 2. The number of aromatic amines is 1. The molecule has 1 heterocycles. The quantitative estimate of drug-likeness (QED) is 0.455. The number of hydrogen-bond acceptors (Lipinski definition) is 4. The van der Waals surface area contributed by atoms with Crippen molar-refractivity contribution in [2.24, 2.45) is 0 Å². The van der Waals surface area contributed by atoms with Crippen LogP contribution in [0.2, 0.25) is 0 Å². The van der Waals surface area contributed by atoms with E-state index in [1.807, 2.05) is 0 Å². The molecule has 1 rings (SSSR count). The van der Waals surface area contributed by atoms with Gasteiger partial charge < -0.3 is 15.0 Å². The molecule has 2 N–H and O–H groups in total. The minimum absolute atomic E-state index is 0.0475. The van der Waals surface area contributed by atoms with Crippen LogP contribution in [0.15, 0.2) is 12.7 Å². The first-order valence-corrected chi connectivity index (χ1v) is 6.68. The van der Waals surface area contributed by atoms with E-state index in [9.17, 15) is 9.59 Å². The molecule has 1 atom stereocenters. The van der Waals surface area contributed by atoms with Crippen LogP contribution in [-0.4, -0.2) is 35.9 Å². The van der Waals surface area contributed by atoms with Crippen LogP contribution in [0.4, 0.5) is 0 Å². The highest BCUT2D eigenvalue weighted by Crippen LogP contribution is 2.20. The van der Waals surface area contributed by atoms with Gasteiger partial charge in [0.05, 0.1) is 12.6 Å². The Kier molecular flexibility index (Phi) is 5.70. The van der Waals surface area contributed by atoms with E-state index in [2.05, 4.69) is 16.9 Å². The Morgan fingerprint density at radius 1 is 1.45 bits per heavy atom. The van der Waals surface area contributed by atoms with Gasteiger partial charge in [0.25, 0.3) is 0 Å². The van der Waals surface area contributed by atoms with Crippen LogP contribution in [0.1, 0.15) is 46.0 Å². The fraction of sp³-hybridized carbons (Fsp3) is 0.467. The molecule has 110 valence electrons. The van der Waals surface area contributed by atoms with Crippen molar-refractivity contribution in [1.29, 1.82) is 0 Å². The van der Waals surface area contributed by atoms with Crippen molar-refractivity contribution < 1.29 is 14.3 Å². The predicted octanol–water partition coefficient (Wildman–Crippen LogP) is 2.16. The Labute approximate surface area is 119 Å². The molecule has 0 bridgehead atoms. The van der Waals surface area contributed by atoms with Crippen molar-refractivity contribution in [1.82, 2.24) is 10.3 Å². The molecule has 0 spiro atoms. The molecule has 0 saturated carbocycles. The Morgan fingerprint density at radius 3 is 2.65 bits per heavy atom. The maximum Gasteiger partial charge on any atom is 0.355 e. The van der Waals surface area contributed by atoms with Gasteiger partial charge in [0.1, 0.15) is 5.69 Å². The van der Waals surface area contributed by atoms with Gasteiger partial charge in [0.15, 0.2) is 5.78 Å². The number of nitrogens with one attached hydrogen (secondary N) is 2. The minimum Gasteiger partial charge on any atom is -0.461 e. The number of ketones is 1. The normalized spacial score (nSPS) is 12.0. The summed E-state index contributed by atoms with van der Waals surface area (Å²) in [5, 5.41) is 3.05. The highest BCUT2D eigenvalue weighted by molar-refractivity contribution is 6.05. The highest BCUT2D eigenvalue weighted by atomic mass is 16.5. The topological polar surface area (TPSA) is 71.2 Å². The third-order valence-corrected chi connectivity index (χ3v) is 3.13. The fourth-order valence-electron chi connectivity index (χ4n) is 2.10. The largest absolute Gasteiger partial charge is 0.461 e. The molecule has 1 aromatic heterocycles. The van der Waals surface area contributed by atoms with Gasteiger partial charge in [-0.3, -0.25) is 4.79 Å². The van der Waals surface area contributed by atoms with E-state index < -0.39 is 5.97 Å². The van der Waals surface area contributed by atoms with Gasteiger partial charge in [0, 0.05) is 17.8 Å². The Morgan fingerprint density at radius 2 is 2.10 bits per heavy atom. The van der Waals surface area contributed by atoms with E-state index in [1.165, 1.54) is 0 Å². The summed E-state index contributed by atoms with van der Waals surface area (Å²) in [5.41, 5.74) is 2.22. The molecule has 0 amide bonds. The number of aryl methyl sites for hydroxylation is 1. The van der Waals surface area contributed by atoms with Gasteiger partial charge in [-0.1, -0.05) is 6.08 Å². The van der Waals surface area contributed by atoms with Crippen molar-refractivity contribution in [3.8, 4) is 0 Å². The summed E-state index contributed by atoms with van der Waals surface area (Å²) >= 11 is 0. The molecule has 1 aromatic rings. The second kappa shape index (κ2) is 7.05. The zero-order valence-electron chi connectivity index (χ0n) is 12.5. The Balaban J connectivity index is 3.04. The molecule has 5 nitrogen and oxygen atoms in total. The molecule has 0 aliphatic carbocycles. The van der Waals surface area contributed by atoms with E-state index in [-0.39, 0.29) is 11.8 Å². The number of esters is 1. The molecule has 0 fully saturated rings. The number of carbonyl (C=O) groups excluding carboxylic acids is 2. The molecule has 0 aliphatic rings. The average molecular weight is 278 g/mol. The van der Waals surface area contributed by atoms with Crippen LogP contribution in [0, 0.1) is 13.8 Å². The molecule has 0 saturated heterocycles.